The molecule has 0 saturated heterocycles. The van der Waals surface area contributed by atoms with Crippen molar-refractivity contribution in [3.05, 3.63) is 45.5 Å². The van der Waals surface area contributed by atoms with Gasteiger partial charge in [-0.05, 0) is 13.8 Å². The molecule has 0 saturated carbocycles. The molecule has 0 aliphatic heterocycles. The van der Waals surface area contributed by atoms with E-state index >= 15 is 0 Å². The van der Waals surface area contributed by atoms with Crippen molar-refractivity contribution in [1.82, 2.24) is 20.4 Å². The summed E-state index contributed by atoms with van der Waals surface area (Å²) in [5.74, 6) is 0. The van der Waals surface area contributed by atoms with E-state index in [0.29, 0.717) is 0 Å². The van der Waals surface area contributed by atoms with Gasteiger partial charge in [-0.2, -0.15) is 28.2 Å². The van der Waals surface area contributed by atoms with Crippen LogP contribution in [0, 0.1) is 27.7 Å². The second kappa shape index (κ2) is 17.1. The van der Waals surface area contributed by atoms with Crippen LogP contribution in [-0.2, 0) is 21.7 Å². The Kier molecular flexibility index (Phi) is 20.4. The van der Waals surface area contributed by atoms with Crippen LogP contribution in [0.3, 0.4) is 0 Å². The van der Waals surface area contributed by atoms with E-state index < -0.39 is 0 Å². The maximum atomic E-state index is 3.77. The largest absolute Gasteiger partial charge is 4.00 e. The second-order valence-corrected chi connectivity index (χ2v) is 4.15. The number of rotatable bonds is 0. The molecule has 0 amide bonds. The smallest absolute Gasteiger partial charge is 0.668 e. The van der Waals surface area contributed by atoms with E-state index in [4.69, 9.17) is 0 Å². The third-order valence-electron chi connectivity index (χ3n) is 1.57. The Labute approximate surface area is 143 Å². The average Bonchev–Trinajstić information content (AvgIpc) is 2.90. The second-order valence-electron chi connectivity index (χ2n) is 4.15. The minimum absolute atomic E-state index is 0. The van der Waals surface area contributed by atoms with Gasteiger partial charge in [-0.15, -0.1) is 11.4 Å². The Morgan fingerprint density at radius 3 is 1.00 bits per heavy atom. The van der Waals surface area contributed by atoms with Gasteiger partial charge < -0.3 is 31.0 Å². The molecule has 6 nitrogen and oxygen atoms in total. The van der Waals surface area contributed by atoms with Crippen molar-refractivity contribution in [2.45, 2.75) is 27.7 Å². The molecule has 0 fully saturated rings. The predicted molar refractivity (Wildman–Crippen MR) is 84.5 cm³/mol. The molecule has 2 aromatic rings. The summed E-state index contributed by atoms with van der Waals surface area (Å²) in [5, 5.41) is 22.1. The minimum Gasteiger partial charge on any atom is -0.668 e. The summed E-state index contributed by atoms with van der Waals surface area (Å²) >= 11 is 0. The van der Waals surface area contributed by atoms with E-state index in [2.05, 4.69) is 31.0 Å². The number of hydrogen-bond donors (Lipinski definition) is 0. The third-order valence-corrected chi connectivity index (χ3v) is 1.57. The van der Waals surface area contributed by atoms with Gasteiger partial charge in [0, 0.05) is 11.4 Å². The van der Waals surface area contributed by atoms with Crippen LogP contribution in [0.2, 0.25) is 0 Å². The van der Waals surface area contributed by atoms with Crippen molar-refractivity contribution in [3.63, 3.8) is 0 Å². The van der Waals surface area contributed by atoms with Crippen LogP contribution in [0.1, 0.15) is 22.8 Å². The van der Waals surface area contributed by atoms with Gasteiger partial charge in [0.2, 0.25) is 0 Å². The number of aromatic nitrogens is 4. The number of hydrogen-bond acceptors (Lipinski definition) is 2. The Morgan fingerprint density at radius 2 is 0.952 bits per heavy atom. The van der Waals surface area contributed by atoms with E-state index in [0.717, 1.165) is 22.8 Å². The molecule has 0 spiro atoms. The van der Waals surface area contributed by atoms with Crippen molar-refractivity contribution < 1.29 is 21.7 Å². The van der Waals surface area contributed by atoms with E-state index in [9.17, 15) is 0 Å². The Balaban J connectivity index is -0.000000220. The maximum Gasteiger partial charge on any atom is 4.00 e. The summed E-state index contributed by atoms with van der Waals surface area (Å²) in [6.07, 6.45) is 0. The zero-order valence-corrected chi connectivity index (χ0v) is 15.9. The molecule has 0 aliphatic carbocycles. The quantitative estimate of drug-likeness (QED) is 0.697. The molecule has 0 aliphatic rings. The van der Waals surface area contributed by atoms with Crippen molar-refractivity contribution >= 4 is 0 Å². The standard InChI is InChI=1S/2C5H7N2.2C2H6N.Ti/c2*1-4-3-5(2)7-6-4;2*1-3-2;/h2*3H,1-2H3;2*1-2H3;/q4*-1;+4. The van der Waals surface area contributed by atoms with E-state index in [1.807, 2.05) is 39.8 Å². The van der Waals surface area contributed by atoms with Crippen LogP contribution in [0.25, 0.3) is 10.6 Å². The molecule has 2 aromatic heterocycles. The zero-order valence-electron chi connectivity index (χ0n) is 14.3. The SMILES string of the molecule is C[N-]C.C[N-]C.Cc1cc(C)[n-]n1.Cc1cc(C)[n-]n1.[Ti+4]. The minimum atomic E-state index is 0. The first-order valence-corrected chi connectivity index (χ1v) is 6.24. The summed E-state index contributed by atoms with van der Waals surface area (Å²) in [7, 11) is 7.00. The molecule has 0 N–H and O–H groups in total. The van der Waals surface area contributed by atoms with Crippen molar-refractivity contribution in [1.29, 1.82) is 0 Å². The molecule has 0 bridgehead atoms. The van der Waals surface area contributed by atoms with Crippen LogP contribution in [0.5, 0.6) is 0 Å². The molecule has 116 valence electrons. The van der Waals surface area contributed by atoms with Crippen LogP contribution < -0.4 is 10.2 Å². The van der Waals surface area contributed by atoms with E-state index in [1.165, 1.54) is 0 Å². The molecule has 0 radical (unpaired) electrons. The van der Waals surface area contributed by atoms with Gasteiger partial charge >= 0.3 is 21.7 Å². The molecule has 0 atom stereocenters. The van der Waals surface area contributed by atoms with Crippen molar-refractivity contribution in [3.8, 4) is 0 Å². The average molecular weight is 326 g/mol. The summed E-state index contributed by atoms with van der Waals surface area (Å²) < 4.78 is 0. The molecule has 0 aromatic carbocycles. The van der Waals surface area contributed by atoms with Gasteiger partial charge in [0.15, 0.2) is 0 Å². The first kappa shape index (κ1) is 25.0. The Hall–Kier alpha value is -0.946. The molecule has 7 heteroatoms. The van der Waals surface area contributed by atoms with Crippen molar-refractivity contribution in [2.75, 3.05) is 28.2 Å². The molecule has 21 heavy (non-hydrogen) atoms. The predicted octanol–water partition coefficient (Wildman–Crippen LogP) is 2.55. The van der Waals surface area contributed by atoms with Gasteiger partial charge in [-0.1, -0.05) is 26.0 Å². The Bertz CT molecular complexity index is 351. The number of aryl methyl sites for hydroxylation is 4. The summed E-state index contributed by atoms with van der Waals surface area (Å²) in [4.78, 5) is 0. The van der Waals surface area contributed by atoms with Crippen LogP contribution in [0.15, 0.2) is 12.1 Å². The van der Waals surface area contributed by atoms with Gasteiger partial charge in [0.05, 0.1) is 0 Å². The van der Waals surface area contributed by atoms with Crippen molar-refractivity contribution in [2.24, 2.45) is 0 Å². The van der Waals surface area contributed by atoms with Crippen LogP contribution in [0.4, 0.5) is 0 Å². The monoisotopic (exact) mass is 326 g/mol. The normalized spacial score (nSPS) is 8.00. The summed E-state index contributed by atoms with van der Waals surface area (Å²) in [6, 6.07) is 3.89. The molecular weight excluding hydrogens is 300 g/mol. The summed E-state index contributed by atoms with van der Waals surface area (Å²) in [5.41, 5.74) is 3.99. The summed E-state index contributed by atoms with van der Waals surface area (Å²) in [6.45, 7) is 7.72. The van der Waals surface area contributed by atoms with E-state index in [1.54, 1.807) is 28.2 Å². The maximum absolute atomic E-state index is 3.77. The van der Waals surface area contributed by atoms with Crippen LogP contribution in [-0.4, -0.2) is 38.4 Å². The van der Waals surface area contributed by atoms with Crippen LogP contribution >= 0.6 is 0 Å². The first-order valence-electron chi connectivity index (χ1n) is 6.24. The van der Waals surface area contributed by atoms with Gasteiger partial charge in [-0.25, -0.2) is 0 Å². The fraction of sp³-hybridized carbons (Fsp3) is 0.571. The molecule has 0 unspecified atom stereocenters. The van der Waals surface area contributed by atoms with Gasteiger partial charge in [0.1, 0.15) is 0 Å². The first-order chi connectivity index (χ1) is 9.40. The van der Waals surface area contributed by atoms with Gasteiger partial charge in [-0.3, -0.25) is 0 Å². The third kappa shape index (κ3) is 19.1. The fourth-order valence-corrected chi connectivity index (χ4v) is 1.04. The fourth-order valence-electron chi connectivity index (χ4n) is 1.04. The zero-order chi connectivity index (χ0) is 16.0. The molecular formula is C14H26N6Ti. The van der Waals surface area contributed by atoms with Gasteiger partial charge in [0.25, 0.3) is 0 Å². The topological polar surface area (TPSA) is 82.2 Å². The molecule has 2 rings (SSSR count). The van der Waals surface area contributed by atoms with E-state index in [-0.39, 0.29) is 21.7 Å². The number of nitrogens with zero attached hydrogens (tertiary/aromatic N) is 6. The Morgan fingerprint density at radius 1 is 0.714 bits per heavy atom. The molecule has 2 heterocycles.